The van der Waals surface area contributed by atoms with E-state index in [-0.39, 0.29) is 16.8 Å². The van der Waals surface area contributed by atoms with Crippen LogP contribution >= 0.6 is 0 Å². The van der Waals surface area contributed by atoms with Gasteiger partial charge in [0.25, 0.3) is 10.0 Å². The van der Waals surface area contributed by atoms with E-state index in [2.05, 4.69) is 5.32 Å². The lowest BCUT2D eigenvalue weighted by Gasteiger charge is -2.30. The lowest BCUT2D eigenvalue weighted by Crippen LogP contribution is -2.35. The molecule has 0 saturated carbocycles. The van der Waals surface area contributed by atoms with E-state index in [0.717, 1.165) is 41.0 Å². The van der Waals surface area contributed by atoms with Crippen molar-refractivity contribution >= 4 is 21.6 Å². The van der Waals surface area contributed by atoms with Crippen molar-refractivity contribution in [2.75, 3.05) is 18.0 Å². The molecule has 3 aromatic rings. The molecule has 4 rings (SSSR count). The average molecular weight is 479 g/mol. The number of anilines is 1. The molecular weight excluding hydrogens is 448 g/mol. The van der Waals surface area contributed by atoms with Gasteiger partial charge in [-0.1, -0.05) is 42.5 Å². The van der Waals surface area contributed by atoms with Gasteiger partial charge in [-0.2, -0.15) is 0 Å². The van der Waals surface area contributed by atoms with Crippen LogP contribution in [0.1, 0.15) is 42.5 Å². The maximum Gasteiger partial charge on any atom is 0.264 e. The maximum atomic E-state index is 13.3. The number of nitrogens with zero attached hydrogens (tertiary/aromatic N) is 1. The predicted octanol–water partition coefficient (Wildman–Crippen LogP) is 4.65. The van der Waals surface area contributed by atoms with Gasteiger partial charge >= 0.3 is 0 Å². The summed E-state index contributed by atoms with van der Waals surface area (Å²) >= 11 is 0. The van der Waals surface area contributed by atoms with E-state index >= 15 is 0 Å². The molecule has 0 fully saturated rings. The first-order valence-corrected chi connectivity index (χ1v) is 13.0. The number of carbonyl (C=O) groups is 1. The molecule has 3 aromatic carbocycles. The summed E-state index contributed by atoms with van der Waals surface area (Å²) in [5.41, 5.74) is 3.75. The molecule has 0 aliphatic carbocycles. The number of carbonyl (C=O) groups excluding carboxylic acids is 1. The van der Waals surface area contributed by atoms with Crippen molar-refractivity contribution < 1.29 is 17.9 Å². The lowest BCUT2D eigenvalue weighted by molar-refractivity contribution is -0.121. The topological polar surface area (TPSA) is 75.7 Å². The van der Waals surface area contributed by atoms with Crippen LogP contribution in [0.3, 0.4) is 0 Å². The summed E-state index contributed by atoms with van der Waals surface area (Å²) in [6.07, 6.45) is 2.55. The van der Waals surface area contributed by atoms with Crippen LogP contribution in [0, 0.1) is 0 Å². The number of rotatable bonds is 8. The number of aryl methyl sites for hydroxylation is 2. The van der Waals surface area contributed by atoms with E-state index in [4.69, 9.17) is 4.74 Å². The number of sulfonamides is 1. The Balaban J connectivity index is 1.36. The molecule has 0 aromatic heterocycles. The normalized spacial score (nSPS) is 14.2. The molecule has 0 bridgehead atoms. The monoisotopic (exact) mass is 478 g/mol. The Bertz CT molecular complexity index is 1240. The zero-order valence-corrected chi connectivity index (χ0v) is 20.3. The first-order chi connectivity index (χ1) is 16.4. The quantitative estimate of drug-likeness (QED) is 0.512. The van der Waals surface area contributed by atoms with E-state index in [1.165, 1.54) is 4.31 Å². The van der Waals surface area contributed by atoms with Crippen LogP contribution in [0.4, 0.5) is 5.69 Å². The van der Waals surface area contributed by atoms with Gasteiger partial charge in [-0.3, -0.25) is 9.10 Å². The van der Waals surface area contributed by atoms with Crippen molar-refractivity contribution in [3.8, 4) is 5.75 Å². The number of para-hydroxylation sites is 1. The van der Waals surface area contributed by atoms with Crippen LogP contribution in [0.25, 0.3) is 0 Å². The number of methoxy groups -OCH3 is 1. The van der Waals surface area contributed by atoms with Crippen LogP contribution in [0.2, 0.25) is 0 Å². The van der Waals surface area contributed by atoms with Crippen LogP contribution in [0.5, 0.6) is 5.75 Å². The molecule has 7 heteroatoms. The summed E-state index contributed by atoms with van der Waals surface area (Å²) in [5.74, 6) is 0.724. The zero-order chi connectivity index (χ0) is 24.1. The summed E-state index contributed by atoms with van der Waals surface area (Å²) in [4.78, 5) is 12.7. The molecule has 0 unspecified atom stereocenters. The summed E-state index contributed by atoms with van der Waals surface area (Å²) in [6.45, 7) is 2.42. The summed E-state index contributed by atoms with van der Waals surface area (Å²) in [6, 6.07) is 22.0. The van der Waals surface area contributed by atoms with Gasteiger partial charge < -0.3 is 10.1 Å². The van der Waals surface area contributed by atoms with Gasteiger partial charge in [0.05, 0.1) is 23.7 Å². The lowest BCUT2D eigenvalue weighted by atomic mass is 10.0. The van der Waals surface area contributed by atoms with E-state index in [9.17, 15) is 13.2 Å². The minimum absolute atomic E-state index is 0.0510. The van der Waals surface area contributed by atoms with E-state index in [0.29, 0.717) is 19.4 Å². The Morgan fingerprint density at radius 1 is 1.03 bits per heavy atom. The first-order valence-electron chi connectivity index (χ1n) is 11.5. The smallest absolute Gasteiger partial charge is 0.264 e. The Morgan fingerprint density at radius 3 is 2.44 bits per heavy atom. The van der Waals surface area contributed by atoms with Crippen molar-refractivity contribution in [1.82, 2.24) is 5.32 Å². The third-order valence-electron chi connectivity index (χ3n) is 6.21. The highest BCUT2D eigenvalue weighted by molar-refractivity contribution is 7.92. The van der Waals surface area contributed by atoms with E-state index < -0.39 is 10.0 Å². The highest BCUT2D eigenvalue weighted by Crippen LogP contribution is 2.31. The molecule has 0 saturated heterocycles. The van der Waals surface area contributed by atoms with E-state index in [1.54, 1.807) is 31.4 Å². The number of amides is 1. The highest BCUT2D eigenvalue weighted by atomic mass is 32.2. The van der Waals surface area contributed by atoms with Crippen molar-refractivity contribution in [2.45, 2.75) is 43.5 Å². The highest BCUT2D eigenvalue weighted by Gasteiger charge is 2.28. The maximum absolute atomic E-state index is 13.3. The minimum atomic E-state index is -3.63. The second-order valence-corrected chi connectivity index (χ2v) is 10.4. The van der Waals surface area contributed by atoms with Gasteiger partial charge in [-0.05, 0) is 73.2 Å². The molecule has 1 atom stereocenters. The third-order valence-corrected chi connectivity index (χ3v) is 8.04. The molecule has 1 N–H and O–H groups in total. The number of nitrogens with one attached hydrogen (secondary N) is 1. The molecule has 6 nitrogen and oxygen atoms in total. The van der Waals surface area contributed by atoms with Gasteiger partial charge in [-0.25, -0.2) is 8.42 Å². The summed E-state index contributed by atoms with van der Waals surface area (Å²) in [7, 11) is -2.01. The van der Waals surface area contributed by atoms with Gasteiger partial charge in [0.2, 0.25) is 5.91 Å². The molecule has 34 heavy (non-hydrogen) atoms. The average Bonchev–Trinajstić information content (AvgIpc) is 2.87. The minimum Gasteiger partial charge on any atom is -0.497 e. The molecule has 1 heterocycles. The van der Waals surface area contributed by atoms with Crippen LogP contribution in [0.15, 0.2) is 77.7 Å². The van der Waals surface area contributed by atoms with Gasteiger partial charge in [0.1, 0.15) is 5.75 Å². The molecule has 178 valence electrons. The van der Waals surface area contributed by atoms with Crippen molar-refractivity contribution in [3.63, 3.8) is 0 Å². The number of ether oxygens (including phenoxy) is 1. The van der Waals surface area contributed by atoms with E-state index in [1.807, 2.05) is 55.5 Å². The molecule has 0 spiro atoms. The largest absolute Gasteiger partial charge is 0.497 e. The van der Waals surface area contributed by atoms with Crippen molar-refractivity contribution in [1.29, 1.82) is 0 Å². The predicted molar refractivity (Wildman–Crippen MR) is 134 cm³/mol. The third kappa shape index (κ3) is 5.25. The van der Waals surface area contributed by atoms with Gasteiger partial charge in [-0.15, -0.1) is 0 Å². The Hall–Kier alpha value is -3.32. The fourth-order valence-corrected chi connectivity index (χ4v) is 5.79. The Labute approximate surface area is 201 Å². The van der Waals surface area contributed by atoms with Crippen LogP contribution in [-0.2, 0) is 27.7 Å². The summed E-state index contributed by atoms with van der Waals surface area (Å²) in [5, 5.41) is 3.01. The van der Waals surface area contributed by atoms with Gasteiger partial charge in [0.15, 0.2) is 0 Å². The summed E-state index contributed by atoms with van der Waals surface area (Å²) < 4.78 is 33.2. The standard InChI is InChI=1S/C27H30N2O4S/c1-20(22-12-14-24(33-2)15-13-22)28-27(30)18-11-21-9-16-25(17-10-21)34(31,32)29-19-5-7-23-6-3-4-8-26(23)29/h3-4,6,8-10,12-17,20H,5,7,11,18-19H2,1-2H3,(H,28,30)/t20-/m0/s1. The molecular formula is C27H30N2O4S. The first kappa shape index (κ1) is 23.8. The Morgan fingerprint density at radius 2 is 1.74 bits per heavy atom. The second kappa shape index (κ2) is 10.3. The Kier molecular flexibility index (Phi) is 7.22. The fraction of sp³-hybridized carbons (Fsp3) is 0.296. The molecule has 0 radical (unpaired) electrons. The van der Waals surface area contributed by atoms with Crippen molar-refractivity contribution in [3.05, 3.63) is 89.5 Å². The molecule has 1 amide bonds. The van der Waals surface area contributed by atoms with Gasteiger partial charge in [0, 0.05) is 13.0 Å². The number of hydrogen-bond acceptors (Lipinski definition) is 4. The number of benzene rings is 3. The number of fused-ring (bicyclic) bond motifs is 1. The van der Waals surface area contributed by atoms with Crippen molar-refractivity contribution in [2.24, 2.45) is 0 Å². The second-order valence-electron chi connectivity index (χ2n) is 8.52. The fourth-order valence-electron chi connectivity index (χ4n) is 4.25. The van der Waals surface area contributed by atoms with Crippen LogP contribution < -0.4 is 14.4 Å². The molecule has 1 aliphatic rings. The van der Waals surface area contributed by atoms with Crippen LogP contribution in [-0.4, -0.2) is 28.0 Å². The zero-order valence-electron chi connectivity index (χ0n) is 19.5. The SMILES string of the molecule is COc1ccc([C@H](C)NC(=O)CCc2ccc(S(=O)(=O)N3CCCc4ccccc43)cc2)cc1. The number of hydrogen-bond donors (Lipinski definition) is 1. The molecule has 1 aliphatic heterocycles.